The molecule has 0 saturated heterocycles. The van der Waals surface area contributed by atoms with E-state index in [-0.39, 0.29) is 0 Å². The maximum atomic E-state index is 11.8. The first-order valence-corrected chi connectivity index (χ1v) is 6.64. The summed E-state index contributed by atoms with van der Waals surface area (Å²) in [4.78, 5) is 0. The average Bonchev–Trinajstić information content (AvgIpc) is 1.96. The van der Waals surface area contributed by atoms with Gasteiger partial charge in [0.25, 0.3) is 24.7 Å². The third kappa shape index (κ3) is 3.81. The molecule has 0 amide bonds. The van der Waals surface area contributed by atoms with E-state index in [2.05, 4.69) is 0 Å². The van der Waals surface area contributed by atoms with Crippen molar-refractivity contribution in [1.82, 2.24) is 0 Å². The summed E-state index contributed by atoms with van der Waals surface area (Å²) in [6.07, 6.45) is -15.2. The molecular weight excluding hydrogens is 262 g/mol. The highest BCUT2D eigenvalue weighted by Gasteiger charge is 2.47. The molecule has 0 atom stereocenters. The van der Waals surface area contributed by atoms with Gasteiger partial charge in [0.1, 0.15) is 0 Å². The summed E-state index contributed by atoms with van der Waals surface area (Å²) in [7, 11) is -7.85. The number of halogens is 8. The Hall–Kier alpha value is 0.300. The van der Waals surface area contributed by atoms with Gasteiger partial charge in [0, 0.05) is 0 Å². The van der Waals surface area contributed by atoms with Crippen LogP contribution in [0.15, 0.2) is 0 Å². The van der Waals surface area contributed by atoms with Gasteiger partial charge in [-0.2, -0.15) is 0 Å². The van der Waals surface area contributed by atoms with E-state index in [1.165, 1.54) is 0 Å². The van der Waals surface area contributed by atoms with E-state index < -0.39 is 39.9 Å². The number of alkyl halides is 8. The van der Waals surface area contributed by atoms with Gasteiger partial charge in [0.15, 0.2) is 0 Å². The predicted molar refractivity (Wildman–Crippen MR) is 37.9 cm³/mol. The van der Waals surface area contributed by atoms with Gasteiger partial charge in [0.05, 0.1) is 15.2 Å². The van der Waals surface area contributed by atoms with Crippen LogP contribution in [0.3, 0.4) is 0 Å². The lowest BCUT2D eigenvalue weighted by Crippen LogP contribution is -2.05. The maximum Gasteiger partial charge on any atom is 0.265 e. The third-order valence-electron chi connectivity index (χ3n) is 1.07. The maximum absolute atomic E-state index is 11.8. The Bertz CT molecular complexity index is 127. The van der Waals surface area contributed by atoms with E-state index in [1.54, 1.807) is 0 Å². The van der Waals surface area contributed by atoms with Crippen LogP contribution in [0.1, 0.15) is 0 Å². The monoisotopic (exact) mass is 266 g/mol. The van der Waals surface area contributed by atoms with Gasteiger partial charge in [-0.25, -0.2) is 35.1 Å². The zero-order chi connectivity index (χ0) is 11.5. The summed E-state index contributed by atoms with van der Waals surface area (Å²) in [6, 6.07) is 0. The molecule has 10 heteroatoms. The Labute approximate surface area is 76.1 Å². The van der Waals surface area contributed by atoms with Crippen LogP contribution < -0.4 is 0 Å². The van der Waals surface area contributed by atoms with Crippen LogP contribution in [-0.2, 0) is 0 Å². The number of hydrogen-bond acceptors (Lipinski definition) is 0. The van der Waals surface area contributed by atoms with Crippen LogP contribution in [0.4, 0.5) is 35.1 Å². The summed E-state index contributed by atoms with van der Waals surface area (Å²) in [5.41, 5.74) is 0. The molecule has 0 aliphatic heterocycles. The lowest BCUT2D eigenvalue weighted by Gasteiger charge is -2.24. The lowest BCUT2D eigenvalue weighted by molar-refractivity contribution is 0.194. The molecule has 0 aliphatic rings. The molecule has 0 aromatic rings. The van der Waals surface area contributed by atoms with Gasteiger partial charge >= 0.3 is 0 Å². The molecular formula is C4H4F8P2. The van der Waals surface area contributed by atoms with Crippen molar-refractivity contribution in [2.24, 2.45) is 0 Å². The highest BCUT2D eigenvalue weighted by molar-refractivity contribution is 8.30. The smallest absolute Gasteiger partial charge is 0.205 e. The van der Waals surface area contributed by atoms with Crippen LogP contribution in [0.5, 0.6) is 0 Å². The van der Waals surface area contributed by atoms with Crippen molar-refractivity contribution in [3.63, 3.8) is 0 Å². The third-order valence-corrected chi connectivity index (χ3v) is 6.89. The van der Waals surface area contributed by atoms with Gasteiger partial charge in [-0.15, -0.1) is 0 Å². The minimum Gasteiger partial charge on any atom is -0.205 e. The van der Waals surface area contributed by atoms with E-state index in [0.717, 1.165) is 0 Å². The van der Waals surface area contributed by atoms with Gasteiger partial charge in [-0.1, -0.05) is 0 Å². The zero-order valence-electron chi connectivity index (χ0n) is 6.23. The molecule has 0 N–H and O–H groups in total. The van der Waals surface area contributed by atoms with Crippen LogP contribution in [0, 0.1) is 0 Å². The molecule has 0 heterocycles. The van der Waals surface area contributed by atoms with Crippen molar-refractivity contribution < 1.29 is 35.1 Å². The second-order valence-electron chi connectivity index (χ2n) is 1.87. The van der Waals surface area contributed by atoms with Crippen molar-refractivity contribution in [3.05, 3.63) is 0 Å². The fourth-order valence-corrected chi connectivity index (χ4v) is 4.14. The predicted octanol–water partition coefficient (Wildman–Crippen LogP) is 4.76. The Morgan fingerprint density at radius 2 is 0.571 bits per heavy atom. The second kappa shape index (κ2) is 6.01. The van der Waals surface area contributed by atoms with Crippen molar-refractivity contribution in [1.29, 1.82) is 0 Å². The van der Waals surface area contributed by atoms with E-state index in [9.17, 15) is 35.1 Å². The molecule has 0 spiro atoms. The summed E-state index contributed by atoms with van der Waals surface area (Å²) in [5, 5.41) is 0. The zero-order valence-corrected chi connectivity index (χ0v) is 8.02. The largest absolute Gasteiger partial charge is 0.265 e. The van der Waals surface area contributed by atoms with Gasteiger partial charge < -0.3 is 0 Å². The molecule has 0 unspecified atom stereocenters. The standard InChI is InChI=1S/C4H4F8P2/c5-1(6)13(2(7)8)14(3(9)10)4(11)12/h1-4H. The lowest BCUT2D eigenvalue weighted by atomic mass is 11.6. The normalized spacial score (nSPS) is 13.3. The van der Waals surface area contributed by atoms with Crippen molar-refractivity contribution in [2.45, 2.75) is 24.7 Å². The molecule has 0 radical (unpaired) electrons. The first kappa shape index (κ1) is 14.3. The Morgan fingerprint density at radius 3 is 0.643 bits per heavy atom. The topological polar surface area (TPSA) is 0 Å². The minimum absolute atomic E-state index is 3.81. The fraction of sp³-hybridized carbons (Fsp3) is 1.00. The molecule has 0 fully saturated rings. The minimum atomic E-state index is -3.92. The first-order chi connectivity index (χ1) is 6.29. The molecule has 0 nitrogen and oxygen atoms in total. The van der Waals surface area contributed by atoms with Crippen molar-refractivity contribution >= 4 is 15.2 Å². The summed E-state index contributed by atoms with van der Waals surface area (Å²) in [5.74, 6) is 0. The van der Waals surface area contributed by atoms with Crippen LogP contribution >= 0.6 is 15.2 Å². The summed E-state index contributed by atoms with van der Waals surface area (Å²) in [6.45, 7) is 0. The Balaban J connectivity index is 4.74. The molecule has 86 valence electrons. The fourth-order valence-electron chi connectivity index (χ4n) is 0.574. The summed E-state index contributed by atoms with van der Waals surface area (Å²) >= 11 is 0. The van der Waals surface area contributed by atoms with E-state index >= 15 is 0 Å². The number of hydrogen-bond donors (Lipinski definition) is 0. The summed E-state index contributed by atoms with van der Waals surface area (Å²) < 4.78 is 94.6. The van der Waals surface area contributed by atoms with Crippen LogP contribution in [-0.4, -0.2) is 24.7 Å². The van der Waals surface area contributed by atoms with E-state index in [0.29, 0.717) is 0 Å². The molecule has 0 aliphatic carbocycles. The molecule has 0 saturated carbocycles. The Kier molecular flexibility index (Phi) is 6.14. The molecule has 0 aromatic carbocycles. The highest BCUT2D eigenvalue weighted by Crippen LogP contribution is 2.80. The van der Waals surface area contributed by atoms with Crippen molar-refractivity contribution in [2.75, 3.05) is 0 Å². The van der Waals surface area contributed by atoms with Gasteiger partial charge in [0.2, 0.25) is 0 Å². The van der Waals surface area contributed by atoms with E-state index in [1.807, 2.05) is 0 Å². The second-order valence-corrected chi connectivity index (χ2v) is 7.72. The molecule has 0 rings (SSSR count). The first-order valence-electron chi connectivity index (χ1n) is 2.98. The number of rotatable bonds is 5. The van der Waals surface area contributed by atoms with Crippen LogP contribution in [0.25, 0.3) is 0 Å². The quantitative estimate of drug-likeness (QED) is 0.497. The van der Waals surface area contributed by atoms with Gasteiger partial charge in [-0.3, -0.25) is 0 Å². The van der Waals surface area contributed by atoms with Gasteiger partial charge in [-0.05, 0) is 0 Å². The SMILES string of the molecule is FC(F)P(C(F)F)P(C(F)F)C(F)F. The molecule has 0 aromatic heterocycles. The highest BCUT2D eigenvalue weighted by atomic mass is 32.1. The molecule has 14 heavy (non-hydrogen) atoms. The van der Waals surface area contributed by atoms with Crippen LogP contribution in [0.2, 0.25) is 0 Å². The van der Waals surface area contributed by atoms with E-state index in [4.69, 9.17) is 0 Å². The van der Waals surface area contributed by atoms with Crippen molar-refractivity contribution in [3.8, 4) is 0 Å². The Morgan fingerprint density at radius 1 is 0.429 bits per heavy atom. The molecule has 0 bridgehead atoms. The average molecular weight is 266 g/mol.